The minimum absolute atomic E-state index is 0.310. The Balaban J connectivity index is 2.09. The van der Waals surface area contributed by atoms with Gasteiger partial charge in [-0.05, 0) is 12.3 Å². The van der Waals surface area contributed by atoms with Crippen LogP contribution in [0.1, 0.15) is 45.4 Å². The lowest BCUT2D eigenvalue weighted by Crippen LogP contribution is -2.10. The molecule has 0 aliphatic heterocycles. The quantitative estimate of drug-likeness (QED) is 0.817. The van der Waals surface area contributed by atoms with Gasteiger partial charge in [-0.25, -0.2) is 9.97 Å². The van der Waals surface area contributed by atoms with E-state index in [1.165, 1.54) is 12.8 Å². The van der Waals surface area contributed by atoms with Crippen LogP contribution in [0, 0.1) is 5.92 Å². The first-order valence-corrected chi connectivity index (χ1v) is 6.01. The van der Waals surface area contributed by atoms with E-state index in [0.717, 1.165) is 17.6 Å². The highest BCUT2D eigenvalue weighted by Crippen LogP contribution is 2.35. The second-order valence-corrected chi connectivity index (χ2v) is 4.85. The van der Waals surface area contributed by atoms with Crippen molar-refractivity contribution in [3.05, 3.63) is 11.9 Å². The molecule has 1 aromatic rings. The number of hydrogen-bond donors (Lipinski definition) is 2. The first kappa shape index (κ1) is 11.2. The first-order valence-electron chi connectivity index (χ1n) is 6.01. The molecule has 2 rings (SSSR count). The number of hydrogen-bond acceptors (Lipinski definition) is 4. The Morgan fingerprint density at radius 3 is 2.81 bits per heavy atom. The minimum Gasteiger partial charge on any atom is -0.384 e. The molecule has 3 N–H and O–H groups in total. The Bertz CT molecular complexity index is 375. The predicted octanol–water partition coefficient (Wildman–Crippen LogP) is 2.39. The van der Waals surface area contributed by atoms with E-state index in [4.69, 9.17) is 5.73 Å². The van der Waals surface area contributed by atoms with Crippen LogP contribution < -0.4 is 11.1 Å². The molecule has 0 spiro atoms. The summed E-state index contributed by atoms with van der Waals surface area (Å²) in [6.45, 7) is 6.37. The maximum atomic E-state index is 5.77. The van der Waals surface area contributed by atoms with Crippen molar-refractivity contribution in [1.29, 1.82) is 0 Å². The maximum absolute atomic E-state index is 5.77. The summed E-state index contributed by atoms with van der Waals surface area (Å²) in [6.07, 6.45) is 2.48. The third-order valence-corrected chi connectivity index (χ3v) is 3.06. The Hall–Kier alpha value is -1.32. The van der Waals surface area contributed by atoms with Gasteiger partial charge in [-0.3, -0.25) is 0 Å². The van der Waals surface area contributed by atoms with Crippen molar-refractivity contribution in [1.82, 2.24) is 9.97 Å². The van der Waals surface area contributed by atoms with E-state index in [2.05, 4.69) is 36.1 Å². The van der Waals surface area contributed by atoms with Gasteiger partial charge in [0.2, 0.25) is 0 Å². The molecule has 0 saturated heterocycles. The smallest absolute Gasteiger partial charge is 0.135 e. The van der Waals surface area contributed by atoms with E-state index in [1.54, 1.807) is 0 Å². The predicted molar refractivity (Wildman–Crippen MR) is 66.3 cm³/mol. The zero-order valence-electron chi connectivity index (χ0n) is 10.2. The number of nitrogens with two attached hydrogens (primary N) is 1. The van der Waals surface area contributed by atoms with Gasteiger partial charge < -0.3 is 11.1 Å². The third-order valence-electron chi connectivity index (χ3n) is 3.06. The van der Waals surface area contributed by atoms with Crippen LogP contribution in [0.15, 0.2) is 6.07 Å². The van der Waals surface area contributed by atoms with Gasteiger partial charge in [0, 0.05) is 18.0 Å². The fourth-order valence-electron chi connectivity index (χ4n) is 1.88. The molecule has 88 valence electrons. The summed E-state index contributed by atoms with van der Waals surface area (Å²) < 4.78 is 0. The highest BCUT2D eigenvalue weighted by atomic mass is 15.1. The molecule has 1 fully saturated rings. The van der Waals surface area contributed by atoms with Crippen molar-refractivity contribution in [3.8, 4) is 0 Å². The van der Waals surface area contributed by atoms with Crippen LogP contribution in [-0.4, -0.2) is 16.0 Å². The van der Waals surface area contributed by atoms with Crippen molar-refractivity contribution >= 4 is 11.6 Å². The van der Waals surface area contributed by atoms with E-state index in [9.17, 15) is 0 Å². The molecule has 1 saturated carbocycles. The summed E-state index contributed by atoms with van der Waals surface area (Å²) in [4.78, 5) is 8.71. The molecule has 4 nitrogen and oxygen atoms in total. The normalized spacial score (nSPS) is 23.5. The van der Waals surface area contributed by atoms with Crippen LogP contribution in [0.5, 0.6) is 0 Å². The lowest BCUT2D eigenvalue weighted by molar-refractivity contribution is 0.761. The van der Waals surface area contributed by atoms with Gasteiger partial charge in [0.25, 0.3) is 0 Å². The average Bonchev–Trinajstić information content (AvgIpc) is 2.95. The lowest BCUT2D eigenvalue weighted by atomic mass is 10.2. The van der Waals surface area contributed by atoms with E-state index < -0.39 is 0 Å². The average molecular weight is 220 g/mol. The van der Waals surface area contributed by atoms with Crippen LogP contribution in [0.4, 0.5) is 11.6 Å². The molecule has 0 radical (unpaired) electrons. The topological polar surface area (TPSA) is 63.8 Å². The van der Waals surface area contributed by atoms with Gasteiger partial charge in [0.1, 0.15) is 17.5 Å². The maximum Gasteiger partial charge on any atom is 0.135 e. The fraction of sp³-hybridized carbons (Fsp3) is 0.667. The molecule has 1 aliphatic rings. The summed E-state index contributed by atoms with van der Waals surface area (Å²) in [5, 5.41) is 3.42. The Morgan fingerprint density at radius 1 is 1.50 bits per heavy atom. The summed E-state index contributed by atoms with van der Waals surface area (Å²) in [6, 6.07) is 2.40. The SMILES string of the molecule is CCC1CC1Nc1cc(N)nc(C(C)C)n1. The van der Waals surface area contributed by atoms with Gasteiger partial charge in [0.15, 0.2) is 0 Å². The van der Waals surface area contributed by atoms with E-state index in [-0.39, 0.29) is 0 Å². The fourth-order valence-corrected chi connectivity index (χ4v) is 1.88. The van der Waals surface area contributed by atoms with Crippen molar-refractivity contribution in [2.24, 2.45) is 5.92 Å². The molecule has 1 aromatic heterocycles. The summed E-state index contributed by atoms with van der Waals surface area (Å²) in [5.74, 6) is 3.35. The number of nitrogen functional groups attached to an aromatic ring is 1. The Kier molecular flexibility index (Phi) is 2.99. The molecule has 1 heterocycles. The summed E-state index contributed by atoms with van der Waals surface area (Å²) >= 11 is 0. The van der Waals surface area contributed by atoms with E-state index in [1.807, 2.05) is 6.07 Å². The zero-order chi connectivity index (χ0) is 11.7. The van der Waals surface area contributed by atoms with Crippen LogP contribution in [0.25, 0.3) is 0 Å². The van der Waals surface area contributed by atoms with E-state index in [0.29, 0.717) is 17.8 Å². The molecular formula is C12H20N4. The van der Waals surface area contributed by atoms with Crippen molar-refractivity contribution in [2.45, 2.75) is 45.6 Å². The summed E-state index contributed by atoms with van der Waals surface area (Å²) in [7, 11) is 0. The summed E-state index contributed by atoms with van der Waals surface area (Å²) in [5.41, 5.74) is 5.77. The molecule has 2 atom stereocenters. The molecule has 4 heteroatoms. The molecule has 16 heavy (non-hydrogen) atoms. The monoisotopic (exact) mass is 220 g/mol. The van der Waals surface area contributed by atoms with Gasteiger partial charge in [-0.1, -0.05) is 27.2 Å². The number of nitrogens with zero attached hydrogens (tertiary/aromatic N) is 2. The van der Waals surface area contributed by atoms with Gasteiger partial charge >= 0.3 is 0 Å². The zero-order valence-corrected chi connectivity index (χ0v) is 10.2. The van der Waals surface area contributed by atoms with Crippen molar-refractivity contribution < 1.29 is 0 Å². The number of aromatic nitrogens is 2. The molecule has 2 unspecified atom stereocenters. The van der Waals surface area contributed by atoms with Crippen LogP contribution in [0.2, 0.25) is 0 Å². The van der Waals surface area contributed by atoms with Crippen molar-refractivity contribution in [2.75, 3.05) is 11.1 Å². The molecule has 0 bridgehead atoms. The first-order chi connectivity index (χ1) is 7.60. The standard InChI is InChI=1S/C12H20N4/c1-4-8-5-9(8)14-11-6-10(13)15-12(16-11)7(2)3/h6-9H,4-5H2,1-3H3,(H3,13,14,15,16). The molecule has 0 aromatic carbocycles. The van der Waals surface area contributed by atoms with Crippen LogP contribution >= 0.6 is 0 Å². The lowest BCUT2D eigenvalue weighted by Gasteiger charge is -2.09. The van der Waals surface area contributed by atoms with Crippen molar-refractivity contribution in [3.63, 3.8) is 0 Å². The largest absolute Gasteiger partial charge is 0.384 e. The van der Waals surface area contributed by atoms with Crippen LogP contribution in [0.3, 0.4) is 0 Å². The van der Waals surface area contributed by atoms with Gasteiger partial charge in [-0.2, -0.15) is 0 Å². The third kappa shape index (κ3) is 2.43. The Morgan fingerprint density at radius 2 is 2.25 bits per heavy atom. The number of rotatable bonds is 4. The number of nitrogens with one attached hydrogen (secondary N) is 1. The van der Waals surface area contributed by atoms with Gasteiger partial charge in [-0.15, -0.1) is 0 Å². The minimum atomic E-state index is 0.310. The Labute approximate surface area is 96.7 Å². The molecule has 1 aliphatic carbocycles. The highest BCUT2D eigenvalue weighted by Gasteiger charge is 2.35. The van der Waals surface area contributed by atoms with Gasteiger partial charge in [0.05, 0.1) is 0 Å². The second-order valence-electron chi connectivity index (χ2n) is 4.85. The van der Waals surface area contributed by atoms with E-state index >= 15 is 0 Å². The number of anilines is 2. The van der Waals surface area contributed by atoms with Crippen LogP contribution in [-0.2, 0) is 0 Å². The molecular weight excluding hydrogens is 200 g/mol. The second kappa shape index (κ2) is 4.28. The molecule has 0 amide bonds. The highest BCUT2D eigenvalue weighted by molar-refractivity contribution is 5.46.